The first kappa shape index (κ1) is 15.4. The van der Waals surface area contributed by atoms with E-state index in [2.05, 4.69) is 10.1 Å². The fraction of sp³-hybridized carbons (Fsp3) is 0.200. The van der Waals surface area contributed by atoms with Gasteiger partial charge in [-0.05, 0) is 30.3 Å². The number of esters is 1. The summed E-state index contributed by atoms with van der Waals surface area (Å²) in [7, 11) is 1.38. The molecule has 21 heavy (non-hydrogen) atoms. The Labute approximate surface area is 131 Å². The molecule has 0 spiro atoms. The molecular formula is C15H13ClN2O2S. The smallest absolute Gasteiger partial charge is 0.310 e. The van der Waals surface area contributed by atoms with Crippen molar-refractivity contribution in [2.24, 2.45) is 0 Å². The van der Waals surface area contributed by atoms with Crippen LogP contribution in [0.1, 0.15) is 15.3 Å². The predicted octanol–water partition coefficient (Wildman–Crippen LogP) is 3.60. The van der Waals surface area contributed by atoms with Crippen molar-refractivity contribution in [1.29, 1.82) is 5.26 Å². The number of rotatable bonds is 5. The average molecular weight is 321 g/mol. The minimum atomic E-state index is -0.243. The Morgan fingerprint density at radius 2 is 2.14 bits per heavy atom. The van der Waals surface area contributed by atoms with Gasteiger partial charge in [-0.1, -0.05) is 11.6 Å². The first-order chi connectivity index (χ1) is 10.1. The van der Waals surface area contributed by atoms with Crippen LogP contribution in [0.25, 0.3) is 0 Å². The zero-order valence-electron chi connectivity index (χ0n) is 11.4. The van der Waals surface area contributed by atoms with Crippen molar-refractivity contribution in [1.82, 2.24) is 0 Å². The summed E-state index contributed by atoms with van der Waals surface area (Å²) in [4.78, 5) is 13.3. The summed E-state index contributed by atoms with van der Waals surface area (Å²) in [6.07, 6.45) is 0.292. The predicted molar refractivity (Wildman–Crippen MR) is 83.5 cm³/mol. The second kappa shape index (κ2) is 7.11. The second-order valence-electron chi connectivity index (χ2n) is 4.28. The Morgan fingerprint density at radius 3 is 2.86 bits per heavy atom. The van der Waals surface area contributed by atoms with E-state index in [0.29, 0.717) is 23.6 Å². The first-order valence-corrected chi connectivity index (χ1v) is 7.39. The normalized spacial score (nSPS) is 9.95. The van der Waals surface area contributed by atoms with Crippen LogP contribution < -0.4 is 5.32 Å². The van der Waals surface area contributed by atoms with Gasteiger partial charge in [-0.25, -0.2) is 0 Å². The minimum absolute atomic E-state index is 0.243. The summed E-state index contributed by atoms with van der Waals surface area (Å²) in [5, 5.41) is 12.6. The van der Waals surface area contributed by atoms with E-state index in [0.717, 1.165) is 15.4 Å². The van der Waals surface area contributed by atoms with Crippen LogP contribution in [0, 0.1) is 11.3 Å². The van der Waals surface area contributed by atoms with Gasteiger partial charge in [0.1, 0.15) is 6.07 Å². The molecular weight excluding hydrogens is 308 g/mol. The van der Waals surface area contributed by atoms with E-state index in [-0.39, 0.29) is 5.97 Å². The molecule has 1 N–H and O–H groups in total. The van der Waals surface area contributed by atoms with E-state index in [1.165, 1.54) is 7.11 Å². The molecule has 0 atom stereocenters. The van der Waals surface area contributed by atoms with Gasteiger partial charge >= 0.3 is 5.97 Å². The number of carbonyl (C=O) groups excluding carboxylic acids is 1. The molecule has 2 rings (SSSR count). The number of thiophene rings is 1. The average Bonchev–Trinajstić information content (AvgIpc) is 2.93. The van der Waals surface area contributed by atoms with Crippen molar-refractivity contribution < 1.29 is 9.53 Å². The molecule has 0 amide bonds. The van der Waals surface area contributed by atoms with Crippen molar-refractivity contribution in [3.63, 3.8) is 0 Å². The van der Waals surface area contributed by atoms with Crippen LogP contribution in [0.2, 0.25) is 5.02 Å². The lowest BCUT2D eigenvalue weighted by Gasteiger charge is -2.05. The van der Waals surface area contributed by atoms with Gasteiger partial charge in [-0.3, -0.25) is 4.79 Å². The van der Waals surface area contributed by atoms with Gasteiger partial charge in [0.25, 0.3) is 0 Å². The van der Waals surface area contributed by atoms with E-state index in [4.69, 9.17) is 16.9 Å². The standard InChI is InChI=1S/C15H13ClN2O2S/c1-20-15(19)7-12-3-4-13(21-12)9-18-11-2-5-14(16)10(6-11)8-17/h2-6,18H,7,9H2,1H3. The summed E-state index contributed by atoms with van der Waals surface area (Å²) in [6, 6.07) is 11.2. The Balaban J connectivity index is 1.97. The molecule has 0 radical (unpaired) electrons. The highest BCUT2D eigenvalue weighted by Crippen LogP contribution is 2.22. The number of nitriles is 1. The lowest BCUT2D eigenvalue weighted by Crippen LogP contribution is -2.02. The van der Waals surface area contributed by atoms with E-state index in [9.17, 15) is 4.79 Å². The highest BCUT2D eigenvalue weighted by atomic mass is 35.5. The van der Waals surface area contributed by atoms with Crippen molar-refractivity contribution in [3.8, 4) is 6.07 Å². The molecule has 108 valence electrons. The number of hydrogen-bond donors (Lipinski definition) is 1. The van der Waals surface area contributed by atoms with Crippen LogP contribution in [-0.4, -0.2) is 13.1 Å². The highest BCUT2D eigenvalue weighted by molar-refractivity contribution is 7.12. The molecule has 0 aliphatic rings. The number of benzene rings is 1. The third-order valence-corrected chi connectivity index (χ3v) is 4.23. The van der Waals surface area contributed by atoms with Gasteiger partial charge < -0.3 is 10.1 Å². The summed E-state index contributed by atoms with van der Waals surface area (Å²) in [5.74, 6) is -0.243. The maximum Gasteiger partial charge on any atom is 0.310 e. The van der Waals surface area contributed by atoms with Gasteiger partial charge in [-0.2, -0.15) is 5.26 Å². The van der Waals surface area contributed by atoms with Crippen molar-refractivity contribution >= 4 is 34.6 Å². The summed E-state index contributed by atoms with van der Waals surface area (Å²) < 4.78 is 4.64. The lowest BCUT2D eigenvalue weighted by atomic mass is 10.2. The number of nitrogens with zero attached hydrogens (tertiary/aromatic N) is 1. The number of carbonyl (C=O) groups is 1. The van der Waals surface area contributed by atoms with Gasteiger partial charge in [0.15, 0.2) is 0 Å². The van der Waals surface area contributed by atoms with Crippen LogP contribution in [-0.2, 0) is 22.5 Å². The zero-order valence-corrected chi connectivity index (χ0v) is 12.9. The molecule has 0 saturated carbocycles. The number of anilines is 1. The van der Waals surface area contributed by atoms with E-state index in [1.54, 1.807) is 23.5 Å². The minimum Gasteiger partial charge on any atom is -0.469 e. The Morgan fingerprint density at radius 1 is 1.38 bits per heavy atom. The van der Waals surface area contributed by atoms with E-state index in [1.807, 2.05) is 24.3 Å². The van der Waals surface area contributed by atoms with Crippen LogP contribution in [0.15, 0.2) is 30.3 Å². The molecule has 1 aromatic heterocycles. The number of hydrogen-bond acceptors (Lipinski definition) is 5. The van der Waals surface area contributed by atoms with Gasteiger partial charge in [0, 0.05) is 22.0 Å². The summed E-state index contributed by atoms with van der Waals surface area (Å²) >= 11 is 7.44. The summed E-state index contributed by atoms with van der Waals surface area (Å²) in [6.45, 7) is 0.623. The number of ether oxygens (including phenoxy) is 1. The van der Waals surface area contributed by atoms with Crippen LogP contribution in [0.3, 0.4) is 0 Å². The van der Waals surface area contributed by atoms with Crippen molar-refractivity contribution in [2.75, 3.05) is 12.4 Å². The SMILES string of the molecule is COC(=O)Cc1ccc(CNc2ccc(Cl)c(C#N)c2)s1. The lowest BCUT2D eigenvalue weighted by molar-refractivity contribution is -0.139. The van der Waals surface area contributed by atoms with Crippen LogP contribution in [0.4, 0.5) is 5.69 Å². The third kappa shape index (κ3) is 4.22. The second-order valence-corrected chi connectivity index (χ2v) is 5.94. The zero-order chi connectivity index (χ0) is 15.2. The van der Waals surface area contributed by atoms with Gasteiger partial charge in [-0.15, -0.1) is 11.3 Å². The highest BCUT2D eigenvalue weighted by Gasteiger charge is 2.06. The molecule has 6 heteroatoms. The van der Waals surface area contributed by atoms with Crippen molar-refractivity contribution in [2.45, 2.75) is 13.0 Å². The molecule has 0 unspecified atom stereocenters. The fourth-order valence-electron chi connectivity index (χ4n) is 1.74. The molecule has 0 aliphatic carbocycles. The number of halogens is 1. The Kier molecular flexibility index (Phi) is 5.20. The largest absolute Gasteiger partial charge is 0.469 e. The molecule has 2 aromatic rings. The van der Waals surface area contributed by atoms with E-state index < -0.39 is 0 Å². The van der Waals surface area contributed by atoms with E-state index >= 15 is 0 Å². The molecule has 1 heterocycles. The van der Waals surface area contributed by atoms with Gasteiger partial charge in [0.05, 0.1) is 24.1 Å². The van der Waals surface area contributed by atoms with Crippen LogP contribution >= 0.6 is 22.9 Å². The number of methoxy groups -OCH3 is 1. The Bertz CT molecular complexity index is 691. The fourth-order valence-corrected chi connectivity index (χ4v) is 2.84. The molecule has 1 aromatic carbocycles. The molecule has 0 bridgehead atoms. The molecule has 0 saturated heterocycles. The van der Waals surface area contributed by atoms with Crippen LogP contribution in [0.5, 0.6) is 0 Å². The molecule has 0 fully saturated rings. The Hall–Kier alpha value is -2.03. The first-order valence-electron chi connectivity index (χ1n) is 6.20. The maximum atomic E-state index is 11.2. The number of nitrogens with one attached hydrogen (secondary N) is 1. The molecule has 4 nitrogen and oxygen atoms in total. The topological polar surface area (TPSA) is 62.1 Å². The van der Waals surface area contributed by atoms with Crippen molar-refractivity contribution in [3.05, 3.63) is 50.7 Å². The van der Waals surface area contributed by atoms with Gasteiger partial charge in [0.2, 0.25) is 0 Å². The molecule has 0 aliphatic heterocycles. The quantitative estimate of drug-likeness (QED) is 0.855. The maximum absolute atomic E-state index is 11.2. The monoisotopic (exact) mass is 320 g/mol. The summed E-state index contributed by atoms with van der Waals surface area (Å²) in [5.41, 5.74) is 1.28. The third-order valence-electron chi connectivity index (χ3n) is 2.82.